The molecule has 4 heterocycles. The second-order valence-corrected chi connectivity index (χ2v) is 9.76. The maximum absolute atomic E-state index is 13.6. The minimum atomic E-state index is -0.866. The van der Waals surface area contributed by atoms with Crippen LogP contribution < -0.4 is 5.32 Å². The first-order chi connectivity index (χ1) is 15.8. The monoisotopic (exact) mass is 450 g/mol. The lowest BCUT2D eigenvalue weighted by atomic mass is 9.75. The normalized spacial score (nSPS) is 23.2. The van der Waals surface area contributed by atoms with Crippen molar-refractivity contribution in [1.82, 2.24) is 30.1 Å². The van der Waals surface area contributed by atoms with Crippen LogP contribution in [0, 0.1) is 6.92 Å². The molecule has 2 amide bonds. The number of rotatable bonds is 4. The number of nitrogens with one attached hydrogen (secondary N) is 1. The van der Waals surface area contributed by atoms with E-state index in [1.54, 1.807) is 18.1 Å². The third-order valence-corrected chi connectivity index (χ3v) is 7.36. The molecule has 33 heavy (non-hydrogen) atoms. The number of aromatic nitrogens is 3. The number of nitrogens with zero attached hydrogens (tertiary/aromatic N) is 5. The first-order valence-electron chi connectivity index (χ1n) is 11.8. The third-order valence-electron chi connectivity index (χ3n) is 7.36. The maximum Gasteiger partial charge on any atom is 0.272 e. The average molecular weight is 451 g/mol. The average Bonchev–Trinajstić information content (AvgIpc) is 2.85. The first-order valence-corrected chi connectivity index (χ1v) is 11.8. The number of likely N-dealkylation sites (tertiary alicyclic amines) is 2. The van der Waals surface area contributed by atoms with Gasteiger partial charge in [-0.2, -0.15) is 0 Å². The van der Waals surface area contributed by atoms with Gasteiger partial charge in [0.15, 0.2) is 0 Å². The molecule has 0 radical (unpaired) electrons. The van der Waals surface area contributed by atoms with Crippen LogP contribution in [-0.2, 0) is 15.6 Å². The van der Waals surface area contributed by atoms with Crippen molar-refractivity contribution in [2.45, 2.75) is 50.4 Å². The Balaban J connectivity index is 1.64. The molecule has 0 aliphatic carbocycles. The lowest BCUT2D eigenvalue weighted by Crippen LogP contribution is -2.56. The van der Waals surface area contributed by atoms with Crippen LogP contribution in [0.3, 0.4) is 0 Å². The summed E-state index contributed by atoms with van der Waals surface area (Å²) in [6.45, 7) is 6.96. The Kier molecular flexibility index (Phi) is 6.47. The molecule has 176 valence electrons. The molecule has 2 aliphatic heterocycles. The highest BCUT2D eigenvalue weighted by Gasteiger charge is 2.46. The van der Waals surface area contributed by atoms with Gasteiger partial charge >= 0.3 is 0 Å². The van der Waals surface area contributed by atoms with Crippen molar-refractivity contribution < 1.29 is 9.59 Å². The zero-order chi connectivity index (χ0) is 23.6. The molecule has 0 aromatic carbocycles. The molecule has 0 spiro atoms. The van der Waals surface area contributed by atoms with E-state index in [0.29, 0.717) is 30.2 Å². The van der Waals surface area contributed by atoms with E-state index >= 15 is 0 Å². The second-order valence-electron chi connectivity index (χ2n) is 9.76. The summed E-state index contributed by atoms with van der Waals surface area (Å²) in [5.74, 6) is 0.342. The fraction of sp³-hybridized carbons (Fsp3) is 0.560. The molecule has 2 aromatic heterocycles. The smallest absolute Gasteiger partial charge is 0.272 e. The molecule has 2 aliphatic rings. The van der Waals surface area contributed by atoms with E-state index in [-0.39, 0.29) is 23.8 Å². The summed E-state index contributed by atoms with van der Waals surface area (Å²) in [5, 5.41) is 2.80. The van der Waals surface area contributed by atoms with Gasteiger partial charge in [0.05, 0.1) is 11.4 Å². The second kappa shape index (κ2) is 9.17. The van der Waals surface area contributed by atoms with Crippen molar-refractivity contribution in [3.05, 3.63) is 53.4 Å². The molecular weight excluding hydrogens is 416 g/mol. The van der Waals surface area contributed by atoms with Gasteiger partial charge in [-0.05, 0) is 70.9 Å². The Hall–Kier alpha value is -2.87. The van der Waals surface area contributed by atoms with E-state index in [4.69, 9.17) is 4.98 Å². The zero-order valence-corrected chi connectivity index (χ0v) is 20.1. The van der Waals surface area contributed by atoms with Gasteiger partial charge in [0.2, 0.25) is 5.91 Å². The summed E-state index contributed by atoms with van der Waals surface area (Å²) in [5.41, 5.74) is 1.10. The minimum absolute atomic E-state index is 0.0725. The molecule has 0 bridgehead atoms. The number of amides is 2. The highest BCUT2D eigenvalue weighted by Crippen LogP contribution is 2.36. The van der Waals surface area contributed by atoms with Gasteiger partial charge in [-0.25, -0.2) is 9.97 Å². The number of hydrogen-bond donors (Lipinski definition) is 1. The minimum Gasteiger partial charge on any atom is -0.358 e. The maximum atomic E-state index is 13.6. The van der Waals surface area contributed by atoms with Gasteiger partial charge in [0, 0.05) is 31.7 Å². The first kappa shape index (κ1) is 23.3. The third kappa shape index (κ3) is 4.49. The van der Waals surface area contributed by atoms with Gasteiger partial charge in [-0.3, -0.25) is 14.6 Å². The molecule has 0 unspecified atom stereocenters. The van der Waals surface area contributed by atoms with Crippen LogP contribution >= 0.6 is 0 Å². The van der Waals surface area contributed by atoms with Crippen molar-refractivity contribution in [2.75, 3.05) is 40.3 Å². The Morgan fingerprint density at radius 1 is 1.06 bits per heavy atom. The van der Waals surface area contributed by atoms with Crippen LogP contribution in [0.2, 0.25) is 0 Å². The van der Waals surface area contributed by atoms with Crippen LogP contribution in [0.15, 0.2) is 30.5 Å². The van der Waals surface area contributed by atoms with Crippen molar-refractivity contribution in [3.63, 3.8) is 0 Å². The number of carbonyl (C=O) groups is 2. The largest absolute Gasteiger partial charge is 0.358 e. The predicted molar refractivity (Wildman–Crippen MR) is 126 cm³/mol. The topological polar surface area (TPSA) is 91.3 Å². The van der Waals surface area contributed by atoms with Gasteiger partial charge in [-0.1, -0.05) is 13.0 Å². The molecule has 4 rings (SSSR count). The summed E-state index contributed by atoms with van der Waals surface area (Å²) >= 11 is 0. The molecule has 1 N–H and O–H groups in total. The molecule has 8 heteroatoms. The van der Waals surface area contributed by atoms with Crippen LogP contribution in [0.1, 0.15) is 60.3 Å². The van der Waals surface area contributed by atoms with E-state index in [1.165, 1.54) is 0 Å². The molecule has 8 nitrogen and oxygen atoms in total. The van der Waals surface area contributed by atoms with E-state index in [1.807, 2.05) is 31.2 Å². The molecular formula is C25H34N6O2. The van der Waals surface area contributed by atoms with Crippen molar-refractivity contribution in [3.8, 4) is 0 Å². The highest BCUT2D eigenvalue weighted by atomic mass is 16.2. The number of piperidine rings is 2. The van der Waals surface area contributed by atoms with E-state index in [2.05, 4.69) is 34.2 Å². The summed E-state index contributed by atoms with van der Waals surface area (Å²) in [4.78, 5) is 44.5. The van der Waals surface area contributed by atoms with Gasteiger partial charge in [0.1, 0.15) is 16.9 Å². The Bertz CT molecular complexity index is 1020. The van der Waals surface area contributed by atoms with E-state index < -0.39 is 5.41 Å². The van der Waals surface area contributed by atoms with Gasteiger partial charge in [-0.15, -0.1) is 0 Å². The molecule has 2 saturated heterocycles. The molecule has 0 saturated carbocycles. The lowest BCUT2D eigenvalue weighted by molar-refractivity contribution is -0.128. The number of carbonyl (C=O) groups excluding carboxylic acids is 2. The van der Waals surface area contributed by atoms with Crippen LogP contribution in [0.5, 0.6) is 0 Å². The Labute approximate surface area is 195 Å². The highest BCUT2D eigenvalue weighted by molar-refractivity contribution is 5.94. The summed E-state index contributed by atoms with van der Waals surface area (Å²) in [6, 6.07) is 7.46. The summed E-state index contributed by atoms with van der Waals surface area (Å²) < 4.78 is 0. The Morgan fingerprint density at radius 2 is 1.82 bits per heavy atom. The van der Waals surface area contributed by atoms with Gasteiger partial charge < -0.3 is 15.1 Å². The molecule has 2 fully saturated rings. The number of pyridine rings is 1. The van der Waals surface area contributed by atoms with Crippen molar-refractivity contribution in [1.29, 1.82) is 0 Å². The van der Waals surface area contributed by atoms with Crippen molar-refractivity contribution in [2.24, 2.45) is 0 Å². The number of aryl methyl sites for hydroxylation is 1. The van der Waals surface area contributed by atoms with Crippen molar-refractivity contribution >= 4 is 11.8 Å². The lowest BCUT2D eigenvalue weighted by Gasteiger charge is -2.41. The number of hydrogen-bond acceptors (Lipinski definition) is 6. The van der Waals surface area contributed by atoms with Crippen LogP contribution in [0.25, 0.3) is 0 Å². The van der Waals surface area contributed by atoms with E-state index in [9.17, 15) is 9.59 Å². The fourth-order valence-corrected chi connectivity index (χ4v) is 5.14. The molecule has 2 aromatic rings. The SMILES string of the molecule is CNC(=O)[C@]1(c2ccccn2)CCCN(C(=O)c2cc(C3(C)CCN(C)CC3)nc(C)n2)C1. The number of likely N-dealkylation sites (N-methyl/N-ethyl adjacent to an activating group) is 1. The predicted octanol–water partition coefficient (Wildman–Crippen LogP) is 2.08. The van der Waals surface area contributed by atoms with Crippen LogP contribution in [0.4, 0.5) is 0 Å². The summed E-state index contributed by atoms with van der Waals surface area (Å²) in [7, 11) is 3.77. The molecule has 1 atom stereocenters. The van der Waals surface area contributed by atoms with E-state index in [0.717, 1.165) is 38.0 Å². The van der Waals surface area contributed by atoms with Gasteiger partial charge in [0.25, 0.3) is 5.91 Å². The standard InChI is InChI=1S/C25H34N6O2/c1-18-28-19(16-21(29-18)24(2)10-14-30(4)15-11-24)22(32)31-13-7-9-25(17-31,23(33)26-3)20-8-5-6-12-27-20/h5-6,8,12,16H,7,9-11,13-15,17H2,1-4H3,(H,26,33)/t25-/m1/s1. The van der Waals surface area contributed by atoms with Crippen LogP contribution in [-0.4, -0.2) is 76.8 Å². The zero-order valence-electron chi connectivity index (χ0n) is 20.1. The summed E-state index contributed by atoms with van der Waals surface area (Å²) in [6.07, 6.45) is 5.06. The fourth-order valence-electron chi connectivity index (χ4n) is 5.14. The Morgan fingerprint density at radius 3 is 2.48 bits per heavy atom. The quantitative estimate of drug-likeness (QED) is 0.767.